The summed E-state index contributed by atoms with van der Waals surface area (Å²) in [5.74, 6) is 0.384. The standard InChI is InChI=1S/C19H24FN5O2/c1-13-3-5-14(6-4-13)9-24-19(27)25-16(11-22(2)12-17(25)21-24)18(26)23-8-7-15(20)10-23/h3-6,15-16H,7-12H2,1-2H3. The Kier molecular flexibility index (Phi) is 4.59. The van der Waals surface area contributed by atoms with Crippen LogP contribution in [0.15, 0.2) is 29.1 Å². The number of halogens is 1. The van der Waals surface area contributed by atoms with Gasteiger partial charge in [0.1, 0.15) is 18.0 Å². The summed E-state index contributed by atoms with van der Waals surface area (Å²) in [5, 5.41) is 4.47. The van der Waals surface area contributed by atoms with Gasteiger partial charge in [-0.25, -0.2) is 13.9 Å². The highest BCUT2D eigenvalue weighted by Gasteiger charge is 2.37. The summed E-state index contributed by atoms with van der Waals surface area (Å²) in [4.78, 5) is 29.4. The molecule has 0 saturated carbocycles. The van der Waals surface area contributed by atoms with E-state index in [1.54, 1.807) is 0 Å². The first kappa shape index (κ1) is 17.9. The van der Waals surface area contributed by atoms with Crippen LogP contribution in [0.1, 0.15) is 29.4 Å². The lowest BCUT2D eigenvalue weighted by molar-refractivity contribution is -0.135. The number of alkyl halides is 1. The fraction of sp³-hybridized carbons (Fsp3) is 0.526. The molecule has 3 heterocycles. The fourth-order valence-electron chi connectivity index (χ4n) is 3.86. The first-order valence-corrected chi connectivity index (χ1v) is 9.27. The fourth-order valence-corrected chi connectivity index (χ4v) is 3.86. The van der Waals surface area contributed by atoms with E-state index in [2.05, 4.69) is 5.10 Å². The predicted molar refractivity (Wildman–Crippen MR) is 98.2 cm³/mol. The van der Waals surface area contributed by atoms with Gasteiger partial charge in [-0.1, -0.05) is 29.8 Å². The Morgan fingerprint density at radius 2 is 2.00 bits per heavy atom. The number of aromatic nitrogens is 3. The van der Waals surface area contributed by atoms with Crippen molar-refractivity contribution < 1.29 is 9.18 Å². The quantitative estimate of drug-likeness (QED) is 0.804. The summed E-state index contributed by atoms with van der Waals surface area (Å²) in [6, 6.07) is 7.29. The third-order valence-corrected chi connectivity index (χ3v) is 5.33. The number of fused-ring (bicyclic) bond motifs is 1. The van der Waals surface area contributed by atoms with E-state index in [-0.39, 0.29) is 18.1 Å². The maximum atomic E-state index is 13.5. The smallest absolute Gasteiger partial charge is 0.338 e. The van der Waals surface area contributed by atoms with Gasteiger partial charge >= 0.3 is 5.69 Å². The van der Waals surface area contributed by atoms with Gasteiger partial charge in [0.2, 0.25) is 5.91 Å². The molecule has 144 valence electrons. The number of hydrogen-bond acceptors (Lipinski definition) is 4. The van der Waals surface area contributed by atoms with E-state index >= 15 is 0 Å². The summed E-state index contributed by atoms with van der Waals surface area (Å²) in [6.45, 7) is 3.82. The van der Waals surface area contributed by atoms with Crippen LogP contribution >= 0.6 is 0 Å². The molecule has 1 aromatic heterocycles. The van der Waals surface area contributed by atoms with Crippen LogP contribution in [-0.2, 0) is 17.9 Å². The van der Waals surface area contributed by atoms with Crippen molar-refractivity contribution in [3.63, 3.8) is 0 Å². The van der Waals surface area contributed by atoms with Crippen molar-refractivity contribution >= 4 is 5.91 Å². The number of aryl methyl sites for hydroxylation is 1. The van der Waals surface area contributed by atoms with Gasteiger partial charge < -0.3 is 4.90 Å². The molecule has 2 aliphatic rings. The zero-order valence-corrected chi connectivity index (χ0v) is 15.6. The van der Waals surface area contributed by atoms with Crippen molar-refractivity contribution in [2.75, 3.05) is 26.7 Å². The molecule has 0 spiro atoms. The SMILES string of the molecule is Cc1ccc(Cn2nc3n(c2=O)C(C(=O)N2CCC(F)C2)CN(C)C3)cc1. The van der Waals surface area contributed by atoms with Gasteiger partial charge in [-0.3, -0.25) is 14.3 Å². The number of amides is 1. The van der Waals surface area contributed by atoms with Crippen LogP contribution in [0.4, 0.5) is 4.39 Å². The van der Waals surface area contributed by atoms with Gasteiger partial charge in [-0.15, -0.1) is 0 Å². The largest absolute Gasteiger partial charge is 0.347 e. The van der Waals surface area contributed by atoms with Crippen molar-refractivity contribution in [2.45, 2.75) is 38.6 Å². The number of carbonyl (C=O) groups excluding carboxylic acids is 1. The Morgan fingerprint density at radius 3 is 2.67 bits per heavy atom. The number of hydrogen-bond donors (Lipinski definition) is 0. The Balaban J connectivity index is 1.65. The summed E-state index contributed by atoms with van der Waals surface area (Å²) < 4.78 is 16.5. The van der Waals surface area contributed by atoms with Crippen LogP contribution in [0.2, 0.25) is 0 Å². The van der Waals surface area contributed by atoms with Crippen LogP contribution < -0.4 is 5.69 Å². The van der Waals surface area contributed by atoms with Crippen LogP contribution in [0.25, 0.3) is 0 Å². The second kappa shape index (κ2) is 6.92. The zero-order chi connectivity index (χ0) is 19.1. The van der Waals surface area contributed by atoms with E-state index in [1.165, 1.54) is 14.1 Å². The van der Waals surface area contributed by atoms with Crippen molar-refractivity contribution in [1.82, 2.24) is 24.1 Å². The van der Waals surface area contributed by atoms with Crippen molar-refractivity contribution in [3.8, 4) is 0 Å². The molecule has 1 fully saturated rings. The molecule has 1 amide bonds. The second-order valence-electron chi connectivity index (χ2n) is 7.59. The Morgan fingerprint density at radius 1 is 1.26 bits per heavy atom. The lowest BCUT2D eigenvalue weighted by Gasteiger charge is -2.31. The minimum absolute atomic E-state index is 0.112. The molecule has 0 N–H and O–H groups in total. The van der Waals surface area contributed by atoms with Gasteiger partial charge in [0.25, 0.3) is 0 Å². The average Bonchev–Trinajstić information content (AvgIpc) is 3.19. The van der Waals surface area contributed by atoms with Crippen molar-refractivity contribution in [3.05, 3.63) is 51.7 Å². The van der Waals surface area contributed by atoms with Crippen LogP contribution in [0.3, 0.4) is 0 Å². The number of nitrogens with zero attached hydrogens (tertiary/aromatic N) is 5. The predicted octanol–water partition coefficient (Wildman–Crippen LogP) is 0.958. The van der Waals surface area contributed by atoms with E-state index in [0.717, 1.165) is 11.1 Å². The molecular weight excluding hydrogens is 349 g/mol. The monoisotopic (exact) mass is 373 g/mol. The first-order chi connectivity index (χ1) is 12.9. The normalized spacial score (nSPS) is 22.9. The minimum Gasteiger partial charge on any atom is -0.338 e. The molecule has 2 aromatic rings. The maximum Gasteiger partial charge on any atom is 0.347 e. The topological polar surface area (TPSA) is 63.4 Å². The first-order valence-electron chi connectivity index (χ1n) is 9.27. The molecule has 4 rings (SSSR count). The molecular formula is C19H24FN5O2. The molecule has 1 aromatic carbocycles. The van der Waals surface area contributed by atoms with E-state index in [1.807, 2.05) is 43.1 Å². The van der Waals surface area contributed by atoms with Crippen molar-refractivity contribution in [2.24, 2.45) is 0 Å². The van der Waals surface area contributed by atoms with E-state index in [9.17, 15) is 14.0 Å². The average molecular weight is 373 g/mol. The lowest BCUT2D eigenvalue weighted by Crippen LogP contribution is -2.47. The number of rotatable bonds is 3. The van der Waals surface area contributed by atoms with E-state index in [4.69, 9.17) is 0 Å². The molecule has 0 bridgehead atoms. The lowest BCUT2D eigenvalue weighted by atomic mass is 10.1. The summed E-state index contributed by atoms with van der Waals surface area (Å²) in [6.07, 6.45) is -0.612. The summed E-state index contributed by atoms with van der Waals surface area (Å²) in [5.41, 5.74) is 1.85. The number of likely N-dealkylation sites (N-methyl/N-ethyl adjacent to an activating group) is 1. The van der Waals surface area contributed by atoms with Crippen LogP contribution in [0.5, 0.6) is 0 Å². The second-order valence-corrected chi connectivity index (χ2v) is 7.59. The molecule has 7 nitrogen and oxygen atoms in total. The van der Waals surface area contributed by atoms with Gasteiger partial charge in [-0.05, 0) is 26.0 Å². The minimum atomic E-state index is -0.976. The highest BCUT2D eigenvalue weighted by atomic mass is 19.1. The van der Waals surface area contributed by atoms with E-state index in [0.29, 0.717) is 38.4 Å². The maximum absolute atomic E-state index is 13.5. The highest BCUT2D eigenvalue weighted by Crippen LogP contribution is 2.22. The molecule has 0 radical (unpaired) electrons. The third kappa shape index (κ3) is 3.41. The number of benzene rings is 1. The molecule has 2 aliphatic heterocycles. The number of carbonyl (C=O) groups is 1. The third-order valence-electron chi connectivity index (χ3n) is 5.33. The molecule has 27 heavy (non-hydrogen) atoms. The van der Waals surface area contributed by atoms with Crippen LogP contribution in [0, 0.1) is 6.92 Å². The van der Waals surface area contributed by atoms with Crippen LogP contribution in [-0.4, -0.2) is 62.9 Å². The Labute approximate surface area is 157 Å². The molecule has 8 heteroatoms. The molecule has 2 atom stereocenters. The van der Waals surface area contributed by atoms with Gasteiger partial charge in [0.15, 0.2) is 0 Å². The molecule has 0 aliphatic carbocycles. The molecule has 1 saturated heterocycles. The van der Waals surface area contributed by atoms with Gasteiger partial charge in [-0.2, -0.15) is 5.10 Å². The summed E-state index contributed by atoms with van der Waals surface area (Å²) in [7, 11) is 1.90. The zero-order valence-electron chi connectivity index (χ0n) is 15.6. The Hall–Kier alpha value is -2.48. The van der Waals surface area contributed by atoms with Crippen molar-refractivity contribution in [1.29, 1.82) is 0 Å². The van der Waals surface area contributed by atoms with Gasteiger partial charge in [0.05, 0.1) is 19.6 Å². The summed E-state index contributed by atoms with van der Waals surface area (Å²) >= 11 is 0. The molecule has 2 unspecified atom stereocenters. The van der Waals surface area contributed by atoms with E-state index < -0.39 is 12.2 Å². The Bertz CT molecular complexity index is 904. The highest BCUT2D eigenvalue weighted by molar-refractivity contribution is 5.81. The van der Waals surface area contributed by atoms with Gasteiger partial charge in [0, 0.05) is 13.1 Å². The number of likely N-dealkylation sites (tertiary alicyclic amines) is 1.